The van der Waals surface area contributed by atoms with Crippen LogP contribution in [0.2, 0.25) is 0 Å². The fraction of sp³-hybridized carbons (Fsp3) is 0.833. The highest BCUT2D eigenvalue weighted by atomic mass is 14.4. The van der Waals surface area contributed by atoms with Crippen molar-refractivity contribution in [2.75, 3.05) is 0 Å². The van der Waals surface area contributed by atoms with Crippen molar-refractivity contribution in [3.05, 3.63) is 12.7 Å². The second-order valence-electron chi connectivity index (χ2n) is 4.85. The predicted octanol–water partition coefficient (Wildman–Crippen LogP) is 4.02. The molecule has 2 unspecified atom stereocenters. The number of allylic oxidation sites excluding steroid dienone is 1. The first-order valence-corrected chi connectivity index (χ1v) is 5.21. The molecule has 0 heteroatoms. The minimum Gasteiger partial charge on any atom is -0.103 e. The van der Waals surface area contributed by atoms with Crippen molar-refractivity contribution in [2.24, 2.45) is 17.3 Å². The maximum absolute atomic E-state index is 3.96. The van der Waals surface area contributed by atoms with E-state index in [0.29, 0.717) is 5.41 Å². The van der Waals surface area contributed by atoms with Gasteiger partial charge in [-0.25, -0.2) is 0 Å². The number of hydrogen-bond donors (Lipinski definition) is 0. The van der Waals surface area contributed by atoms with E-state index in [9.17, 15) is 0 Å². The van der Waals surface area contributed by atoms with Crippen LogP contribution in [0.3, 0.4) is 0 Å². The molecule has 1 rings (SSSR count). The summed E-state index contributed by atoms with van der Waals surface area (Å²) in [6.07, 6.45) is 7.72. The van der Waals surface area contributed by atoms with Gasteiger partial charge in [-0.15, -0.1) is 6.58 Å². The Kier molecular flexibility index (Phi) is 2.98. The van der Waals surface area contributed by atoms with E-state index in [4.69, 9.17) is 0 Å². The van der Waals surface area contributed by atoms with Crippen LogP contribution in [0.5, 0.6) is 0 Å². The van der Waals surface area contributed by atoms with Gasteiger partial charge >= 0.3 is 0 Å². The van der Waals surface area contributed by atoms with Crippen molar-refractivity contribution in [3.8, 4) is 0 Å². The second-order valence-corrected chi connectivity index (χ2v) is 4.85. The van der Waals surface area contributed by atoms with E-state index in [1.54, 1.807) is 0 Å². The Morgan fingerprint density at radius 2 is 1.83 bits per heavy atom. The Labute approximate surface area is 77.1 Å². The third kappa shape index (κ3) is 1.73. The van der Waals surface area contributed by atoms with Crippen molar-refractivity contribution in [3.63, 3.8) is 0 Å². The molecule has 1 aliphatic rings. The molecule has 1 saturated carbocycles. The van der Waals surface area contributed by atoms with Crippen molar-refractivity contribution in [1.29, 1.82) is 0 Å². The monoisotopic (exact) mass is 166 g/mol. The molecule has 0 N–H and O–H groups in total. The third-order valence-corrected chi connectivity index (χ3v) is 3.91. The average molecular weight is 166 g/mol. The summed E-state index contributed by atoms with van der Waals surface area (Å²) in [5.74, 6) is 1.58. The van der Waals surface area contributed by atoms with E-state index < -0.39 is 0 Å². The summed E-state index contributed by atoms with van der Waals surface area (Å²) in [5.41, 5.74) is 0.470. The van der Waals surface area contributed by atoms with Crippen molar-refractivity contribution >= 4 is 0 Å². The molecule has 0 nitrogen and oxygen atoms in total. The van der Waals surface area contributed by atoms with Crippen molar-refractivity contribution in [1.82, 2.24) is 0 Å². The molecule has 0 aromatic rings. The summed E-state index contributed by atoms with van der Waals surface area (Å²) in [5, 5.41) is 0. The van der Waals surface area contributed by atoms with Crippen LogP contribution in [0.15, 0.2) is 12.7 Å². The Morgan fingerprint density at radius 3 is 2.42 bits per heavy atom. The molecular formula is C12H22. The lowest BCUT2D eigenvalue weighted by molar-refractivity contribution is 0.162. The molecule has 0 amide bonds. The highest BCUT2D eigenvalue weighted by molar-refractivity contribution is 4.94. The van der Waals surface area contributed by atoms with Crippen LogP contribution in [0.4, 0.5) is 0 Å². The van der Waals surface area contributed by atoms with Gasteiger partial charge < -0.3 is 0 Å². The first-order valence-electron chi connectivity index (χ1n) is 5.21. The van der Waals surface area contributed by atoms with Gasteiger partial charge in [-0.2, -0.15) is 0 Å². The smallest absolute Gasteiger partial charge is 0.0182 e. The van der Waals surface area contributed by atoms with Gasteiger partial charge in [-0.3, -0.25) is 0 Å². The summed E-state index contributed by atoms with van der Waals surface area (Å²) < 4.78 is 0. The predicted molar refractivity (Wildman–Crippen MR) is 55.1 cm³/mol. The first-order chi connectivity index (χ1) is 5.59. The molecule has 0 aromatic heterocycles. The third-order valence-electron chi connectivity index (χ3n) is 3.91. The first kappa shape index (κ1) is 9.83. The van der Waals surface area contributed by atoms with E-state index >= 15 is 0 Å². The SMILES string of the molecule is C=CC1CCCCC(C)C1(C)C. The summed E-state index contributed by atoms with van der Waals surface area (Å²) in [6.45, 7) is 11.1. The van der Waals surface area contributed by atoms with E-state index in [1.807, 2.05) is 0 Å². The standard InChI is InChI=1S/C12H22/c1-5-11-9-7-6-8-10(2)12(11,3)4/h5,10-11H,1,6-9H2,2-4H3. The van der Waals surface area contributed by atoms with Crippen LogP contribution >= 0.6 is 0 Å². The summed E-state index contributed by atoms with van der Waals surface area (Å²) in [6, 6.07) is 0. The van der Waals surface area contributed by atoms with Crippen LogP contribution in [0.1, 0.15) is 46.5 Å². The minimum atomic E-state index is 0.470. The molecule has 1 fully saturated rings. The summed E-state index contributed by atoms with van der Waals surface area (Å²) >= 11 is 0. The van der Waals surface area contributed by atoms with E-state index in [-0.39, 0.29) is 0 Å². The highest BCUT2D eigenvalue weighted by Crippen LogP contribution is 2.43. The number of rotatable bonds is 1. The van der Waals surface area contributed by atoms with Gasteiger partial charge in [-0.1, -0.05) is 46.1 Å². The molecule has 1 aliphatic carbocycles. The Hall–Kier alpha value is -0.260. The molecule has 0 saturated heterocycles. The van der Waals surface area contributed by atoms with Gasteiger partial charge in [0.25, 0.3) is 0 Å². The summed E-state index contributed by atoms with van der Waals surface area (Å²) in [7, 11) is 0. The Balaban J connectivity index is 2.77. The molecule has 0 heterocycles. The fourth-order valence-electron chi connectivity index (χ4n) is 2.35. The maximum atomic E-state index is 3.96. The van der Waals surface area contributed by atoms with Gasteiger partial charge in [0.05, 0.1) is 0 Å². The summed E-state index contributed by atoms with van der Waals surface area (Å²) in [4.78, 5) is 0. The zero-order valence-electron chi connectivity index (χ0n) is 8.77. The van der Waals surface area contributed by atoms with Crippen LogP contribution in [-0.4, -0.2) is 0 Å². The Bertz CT molecular complexity index is 155. The Morgan fingerprint density at radius 1 is 1.25 bits per heavy atom. The molecule has 0 aromatic carbocycles. The van der Waals surface area contributed by atoms with Crippen molar-refractivity contribution < 1.29 is 0 Å². The molecule has 0 spiro atoms. The van der Waals surface area contributed by atoms with Gasteiger partial charge in [-0.05, 0) is 23.7 Å². The molecule has 70 valence electrons. The lowest BCUT2D eigenvalue weighted by Gasteiger charge is -2.36. The molecule has 2 atom stereocenters. The highest BCUT2D eigenvalue weighted by Gasteiger charge is 2.34. The molecule has 0 bridgehead atoms. The van der Waals surface area contributed by atoms with Crippen molar-refractivity contribution in [2.45, 2.75) is 46.5 Å². The van der Waals surface area contributed by atoms with Crippen LogP contribution in [0, 0.1) is 17.3 Å². The lowest BCUT2D eigenvalue weighted by atomic mass is 9.69. The topological polar surface area (TPSA) is 0 Å². The quantitative estimate of drug-likeness (QED) is 0.407. The normalized spacial score (nSPS) is 35.6. The van der Waals surface area contributed by atoms with Gasteiger partial charge in [0.1, 0.15) is 0 Å². The van der Waals surface area contributed by atoms with Gasteiger partial charge in [0.2, 0.25) is 0 Å². The van der Waals surface area contributed by atoms with Gasteiger partial charge in [0.15, 0.2) is 0 Å². The van der Waals surface area contributed by atoms with Crippen LogP contribution in [-0.2, 0) is 0 Å². The fourth-order valence-corrected chi connectivity index (χ4v) is 2.35. The van der Waals surface area contributed by atoms with Gasteiger partial charge in [0, 0.05) is 0 Å². The zero-order chi connectivity index (χ0) is 9.19. The minimum absolute atomic E-state index is 0.470. The largest absolute Gasteiger partial charge is 0.103 e. The maximum Gasteiger partial charge on any atom is -0.0182 e. The molecular weight excluding hydrogens is 144 g/mol. The molecule has 0 radical (unpaired) electrons. The van der Waals surface area contributed by atoms with Crippen LogP contribution in [0.25, 0.3) is 0 Å². The number of hydrogen-bond acceptors (Lipinski definition) is 0. The average Bonchev–Trinajstić information content (AvgIpc) is 2.13. The molecule has 0 aliphatic heterocycles. The van der Waals surface area contributed by atoms with E-state index in [2.05, 4.69) is 33.4 Å². The zero-order valence-corrected chi connectivity index (χ0v) is 8.77. The lowest BCUT2D eigenvalue weighted by Crippen LogP contribution is -2.28. The van der Waals surface area contributed by atoms with E-state index in [0.717, 1.165) is 11.8 Å². The molecule has 12 heavy (non-hydrogen) atoms. The second kappa shape index (κ2) is 3.64. The van der Waals surface area contributed by atoms with Crippen LogP contribution < -0.4 is 0 Å². The van der Waals surface area contributed by atoms with E-state index in [1.165, 1.54) is 25.7 Å².